The van der Waals surface area contributed by atoms with Crippen LogP contribution in [-0.2, 0) is 15.0 Å². The van der Waals surface area contributed by atoms with Crippen molar-refractivity contribution >= 4 is 22.9 Å². The molecular formula is C25H24O8. The molecule has 0 atom stereocenters. The Balaban J connectivity index is 2.49. The minimum Gasteiger partial charge on any atom is -0.490 e. The zero-order valence-corrected chi connectivity index (χ0v) is 19.0. The molecule has 0 saturated carbocycles. The van der Waals surface area contributed by atoms with Crippen LogP contribution in [0.25, 0.3) is 11.0 Å². The molecule has 0 bridgehead atoms. The van der Waals surface area contributed by atoms with Crippen molar-refractivity contribution in [3.63, 3.8) is 0 Å². The van der Waals surface area contributed by atoms with Crippen LogP contribution in [0.1, 0.15) is 33.3 Å². The number of benzene rings is 2. The molecule has 0 N–H and O–H groups in total. The fraction of sp³-hybridized carbons (Fsp3) is 0.240. The molecule has 1 aromatic heterocycles. The molecule has 0 saturated heterocycles. The normalized spacial score (nSPS) is 11.1. The molecule has 8 heteroatoms. The lowest BCUT2D eigenvalue weighted by Crippen LogP contribution is -2.20. The van der Waals surface area contributed by atoms with Crippen LogP contribution in [0.5, 0.6) is 28.9 Å². The summed E-state index contributed by atoms with van der Waals surface area (Å²) in [5.41, 5.74) is -1.11. The van der Waals surface area contributed by atoms with Crippen molar-refractivity contribution in [1.29, 1.82) is 0 Å². The summed E-state index contributed by atoms with van der Waals surface area (Å²) >= 11 is 0. The van der Waals surface area contributed by atoms with E-state index in [1.807, 2.05) is 6.07 Å². The SMILES string of the molecule is C=CC(C)(C)c1c(OC(C)=O)c(OC)c(OC(C)=O)c2c(=O)cc(Oc3ccccc3)oc12. The van der Waals surface area contributed by atoms with E-state index in [0.717, 1.165) is 6.07 Å². The maximum Gasteiger partial charge on any atom is 0.308 e. The third kappa shape index (κ3) is 4.74. The van der Waals surface area contributed by atoms with Crippen LogP contribution < -0.4 is 24.4 Å². The van der Waals surface area contributed by atoms with Crippen molar-refractivity contribution in [2.75, 3.05) is 7.11 Å². The molecule has 3 rings (SSSR count). The number of rotatable bonds is 7. The van der Waals surface area contributed by atoms with Crippen molar-refractivity contribution in [2.45, 2.75) is 33.1 Å². The second kappa shape index (κ2) is 9.20. The van der Waals surface area contributed by atoms with Gasteiger partial charge in [0.25, 0.3) is 5.95 Å². The van der Waals surface area contributed by atoms with Gasteiger partial charge in [0.1, 0.15) is 11.1 Å². The van der Waals surface area contributed by atoms with Crippen molar-refractivity contribution in [2.24, 2.45) is 0 Å². The second-order valence-electron chi connectivity index (χ2n) is 7.73. The minimum absolute atomic E-state index is 0.00614. The molecular weight excluding hydrogens is 428 g/mol. The summed E-state index contributed by atoms with van der Waals surface area (Å²) in [6.07, 6.45) is 1.60. The first-order valence-corrected chi connectivity index (χ1v) is 10.0. The van der Waals surface area contributed by atoms with Crippen LogP contribution in [0.3, 0.4) is 0 Å². The van der Waals surface area contributed by atoms with Gasteiger partial charge in [-0.2, -0.15) is 0 Å². The van der Waals surface area contributed by atoms with Gasteiger partial charge < -0.3 is 23.4 Å². The first-order valence-electron chi connectivity index (χ1n) is 10.0. The Hall–Kier alpha value is -4.07. The van der Waals surface area contributed by atoms with Gasteiger partial charge in [0, 0.05) is 19.3 Å². The van der Waals surface area contributed by atoms with E-state index < -0.39 is 22.8 Å². The number of hydrogen-bond donors (Lipinski definition) is 0. The highest BCUT2D eigenvalue weighted by Crippen LogP contribution is 2.51. The molecule has 2 aromatic carbocycles. The van der Waals surface area contributed by atoms with Crippen LogP contribution in [0.15, 0.2) is 58.3 Å². The lowest BCUT2D eigenvalue weighted by molar-refractivity contribution is -0.132. The van der Waals surface area contributed by atoms with Gasteiger partial charge in [-0.3, -0.25) is 14.4 Å². The van der Waals surface area contributed by atoms with E-state index in [1.54, 1.807) is 44.2 Å². The Morgan fingerprint density at radius 2 is 1.61 bits per heavy atom. The molecule has 8 nitrogen and oxygen atoms in total. The molecule has 0 aliphatic carbocycles. The van der Waals surface area contributed by atoms with E-state index in [1.165, 1.54) is 21.0 Å². The van der Waals surface area contributed by atoms with Crippen molar-refractivity contribution < 1.29 is 33.0 Å². The Labute approximate surface area is 190 Å². The van der Waals surface area contributed by atoms with Gasteiger partial charge in [-0.15, -0.1) is 6.58 Å². The second-order valence-corrected chi connectivity index (χ2v) is 7.73. The number of para-hydroxylation sites is 1. The average molecular weight is 452 g/mol. The molecule has 0 aliphatic heterocycles. The van der Waals surface area contributed by atoms with Gasteiger partial charge in [-0.25, -0.2) is 0 Å². The largest absolute Gasteiger partial charge is 0.490 e. The molecule has 33 heavy (non-hydrogen) atoms. The first-order chi connectivity index (χ1) is 15.6. The number of allylic oxidation sites excluding steroid dienone is 1. The fourth-order valence-electron chi connectivity index (χ4n) is 3.31. The molecule has 1 heterocycles. The summed E-state index contributed by atoms with van der Waals surface area (Å²) in [7, 11) is 1.31. The highest BCUT2D eigenvalue weighted by atomic mass is 16.6. The molecule has 0 amide bonds. The molecule has 0 aliphatic rings. The fourth-order valence-corrected chi connectivity index (χ4v) is 3.31. The number of methoxy groups -OCH3 is 1. The van der Waals surface area contributed by atoms with Crippen molar-refractivity contribution in [3.8, 4) is 28.9 Å². The third-order valence-electron chi connectivity index (χ3n) is 4.83. The zero-order chi connectivity index (χ0) is 24.3. The lowest BCUT2D eigenvalue weighted by atomic mass is 9.82. The molecule has 172 valence electrons. The highest BCUT2D eigenvalue weighted by Gasteiger charge is 2.35. The maximum absolute atomic E-state index is 13.2. The quantitative estimate of drug-likeness (QED) is 0.283. The van der Waals surface area contributed by atoms with Crippen LogP contribution in [0, 0.1) is 0 Å². The highest BCUT2D eigenvalue weighted by molar-refractivity contribution is 5.96. The van der Waals surface area contributed by atoms with E-state index in [4.69, 9.17) is 23.4 Å². The van der Waals surface area contributed by atoms with Crippen molar-refractivity contribution in [3.05, 3.63) is 64.8 Å². The minimum atomic E-state index is -0.869. The van der Waals surface area contributed by atoms with Gasteiger partial charge in [-0.1, -0.05) is 38.1 Å². The van der Waals surface area contributed by atoms with Gasteiger partial charge >= 0.3 is 11.9 Å². The Bertz CT molecular complexity index is 1290. The summed E-state index contributed by atoms with van der Waals surface area (Å²) in [6, 6.07) is 9.88. The third-order valence-corrected chi connectivity index (χ3v) is 4.83. The van der Waals surface area contributed by atoms with E-state index in [-0.39, 0.29) is 34.2 Å². The smallest absolute Gasteiger partial charge is 0.308 e. The number of esters is 2. The molecule has 0 fully saturated rings. The zero-order valence-electron chi connectivity index (χ0n) is 19.0. The number of hydrogen-bond acceptors (Lipinski definition) is 8. The number of fused-ring (bicyclic) bond motifs is 1. The van der Waals surface area contributed by atoms with Gasteiger partial charge in [0.05, 0.1) is 18.7 Å². The summed E-state index contributed by atoms with van der Waals surface area (Å²) < 4.78 is 28.0. The number of carbonyl (C=O) groups is 2. The predicted octanol–water partition coefficient (Wildman–Crippen LogP) is 4.91. The summed E-state index contributed by atoms with van der Waals surface area (Å²) in [5.74, 6) is -1.39. The molecule has 0 radical (unpaired) electrons. The maximum atomic E-state index is 13.2. The summed E-state index contributed by atoms with van der Waals surface area (Å²) in [4.78, 5) is 37.1. The van der Waals surface area contributed by atoms with Crippen LogP contribution in [0.2, 0.25) is 0 Å². The first kappa shape index (κ1) is 23.6. The van der Waals surface area contributed by atoms with Gasteiger partial charge in [-0.05, 0) is 12.1 Å². The lowest BCUT2D eigenvalue weighted by Gasteiger charge is -2.26. The standard InChI is InChI=1S/C25H24O8/c1-7-25(4,5)20-21-19(17(28)13-18(33-21)32-16-11-9-8-10-12-16)22(30-14(2)26)24(29-6)23(20)31-15(3)27/h7-13H,1H2,2-6H3. The average Bonchev–Trinajstić information content (AvgIpc) is 2.73. The summed E-state index contributed by atoms with van der Waals surface area (Å²) in [5, 5.41) is -0.0664. The Morgan fingerprint density at radius 3 is 2.15 bits per heavy atom. The predicted molar refractivity (Wildman–Crippen MR) is 121 cm³/mol. The topological polar surface area (TPSA) is 101 Å². The monoisotopic (exact) mass is 452 g/mol. The number of ether oxygens (including phenoxy) is 4. The van der Waals surface area contributed by atoms with E-state index in [9.17, 15) is 14.4 Å². The van der Waals surface area contributed by atoms with Crippen molar-refractivity contribution in [1.82, 2.24) is 0 Å². The number of carbonyl (C=O) groups excluding carboxylic acids is 2. The van der Waals surface area contributed by atoms with Crippen LogP contribution >= 0.6 is 0 Å². The van der Waals surface area contributed by atoms with Crippen LogP contribution in [0.4, 0.5) is 0 Å². The molecule has 0 spiro atoms. The Morgan fingerprint density at radius 1 is 1.00 bits per heavy atom. The molecule has 0 unspecified atom stereocenters. The van der Waals surface area contributed by atoms with E-state index >= 15 is 0 Å². The van der Waals surface area contributed by atoms with Crippen LogP contribution in [-0.4, -0.2) is 19.0 Å². The Kier molecular flexibility index (Phi) is 6.57. The van der Waals surface area contributed by atoms with E-state index in [0.29, 0.717) is 11.3 Å². The summed E-state index contributed by atoms with van der Waals surface area (Å²) in [6.45, 7) is 9.82. The van der Waals surface area contributed by atoms with Gasteiger partial charge in [0.2, 0.25) is 11.2 Å². The van der Waals surface area contributed by atoms with Gasteiger partial charge in [0.15, 0.2) is 17.1 Å². The van der Waals surface area contributed by atoms with E-state index in [2.05, 4.69) is 6.58 Å². The molecule has 3 aromatic rings.